The van der Waals surface area contributed by atoms with Gasteiger partial charge in [0.15, 0.2) is 0 Å². The molecule has 2 aromatic heterocycles. The summed E-state index contributed by atoms with van der Waals surface area (Å²) in [6.45, 7) is 5.55. The van der Waals surface area contributed by atoms with Gasteiger partial charge in [-0.3, -0.25) is 9.59 Å². The Balaban J connectivity index is 1.74. The van der Waals surface area contributed by atoms with Gasteiger partial charge in [0.25, 0.3) is 11.8 Å². The number of halogens is 1. The Labute approximate surface area is 172 Å². The second kappa shape index (κ2) is 9.00. The molecule has 0 aliphatic rings. The zero-order valence-electron chi connectivity index (χ0n) is 16.5. The van der Waals surface area contributed by atoms with Gasteiger partial charge in [-0.25, -0.2) is 9.37 Å². The molecular weight excluding hydrogens is 393 g/mol. The molecule has 0 bridgehead atoms. The van der Waals surface area contributed by atoms with Crippen molar-refractivity contribution in [2.75, 3.05) is 10.6 Å². The summed E-state index contributed by atoms with van der Waals surface area (Å²) < 4.78 is 19.3. The lowest BCUT2D eigenvalue weighted by Crippen LogP contribution is -2.15. The van der Waals surface area contributed by atoms with Crippen molar-refractivity contribution in [3.8, 4) is 0 Å². The molecule has 0 atom stereocenters. The monoisotopic (exact) mass is 415 g/mol. The molecule has 0 aliphatic heterocycles. The van der Waals surface area contributed by atoms with Crippen LogP contribution in [0.4, 0.5) is 15.8 Å². The van der Waals surface area contributed by atoms with Crippen molar-refractivity contribution in [2.24, 2.45) is 0 Å². The first kappa shape index (κ1) is 20.7. The Bertz CT molecular complexity index is 1040. The topological polar surface area (TPSA) is 84.2 Å². The molecule has 1 aromatic carbocycles. The van der Waals surface area contributed by atoms with E-state index in [0.717, 1.165) is 24.3 Å². The maximum atomic E-state index is 14.2. The van der Waals surface area contributed by atoms with Gasteiger partial charge < -0.3 is 15.1 Å². The van der Waals surface area contributed by atoms with Crippen LogP contribution in [0, 0.1) is 19.7 Å². The molecule has 152 valence electrons. The minimum atomic E-state index is -0.603. The standard InChI is InChI=1S/C21H22FN3O3S/c1-4-5-6-18-23-12(2)19(29-18)21(27)24-14-7-8-16(22)17(11-14)25-20(26)15-9-10-28-13(15)3/h7-11H,4-6H2,1-3H3,(H,24,27)(H,25,26). The van der Waals surface area contributed by atoms with Crippen LogP contribution in [0.15, 0.2) is 34.9 Å². The highest BCUT2D eigenvalue weighted by Gasteiger charge is 2.17. The molecule has 6 nitrogen and oxygen atoms in total. The third-order valence-corrected chi connectivity index (χ3v) is 5.58. The van der Waals surface area contributed by atoms with Crippen LogP contribution in [0.1, 0.15) is 56.3 Å². The molecule has 2 N–H and O–H groups in total. The number of carbonyl (C=O) groups excluding carboxylic acids is 2. The summed E-state index contributed by atoms with van der Waals surface area (Å²) in [5.41, 5.74) is 1.33. The number of hydrogen-bond donors (Lipinski definition) is 2. The first-order chi connectivity index (χ1) is 13.9. The van der Waals surface area contributed by atoms with Gasteiger partial charge >= 0.3 is 0 Å². The van der Waals surface area contributed by atoms with E-state index in [-0.39, 0.29) is 11.6 Å². The minimum Gasteiger partial charge on any atom is -0.469 e. The SMILES string of the molecule is CCCCc1nc(C)c(C(=O)Nc2ccc(F)c(NC(=O)c3ccoc3C)c2)s1. The third kappa shape index (κ3) is 4.89. The van der Waals surface area contributed by atoms with Gasteiger partial charge in [0, 0.05) is 5.69 Å². The van der Waals surface area contributed by atoms with Crippen molar-refractivity contribution >= 4 is 34.5 Å². The van der Waals surface area contributed by atoms with Gasteiger partial charge in [0.1, 0.15) is 16.5 Å². The van der Waals surface area contributed by atoms with Crippen molar-refractivity contribution in [3.05, 3.63) is 63.2 Å². The molecule has 0 fully saturated rings. The number of aromatic nitrogens is 1. The summed E-state index contributed by atoms with van der Waals surface area (Å²) in [5.74, 6) is -0.963. The third-order valence-electron chi connectivity index (χ3n) is 4.37. The quantitative estimate of drug-likeness (QED) is 0.546. The van der Waals surface area contributed by atoms with E-state index in [9.17, 15) is 14.0 Å². The summed E-state index contributed by atoms with van der Waals surface area (Å²) in [4.78, 5) is 29.9. The molecule has 3 rings (SSSR count). The lowest BCUT2D eigenvalue weighted by molar-refractivity contribution is 0.101. The highest BCUT2D eigenvalue weighted by Crippen LogP contribution is 2.24. The molecule has 0 radical (unpaired) electrons. The highest BCUT2D eigenvalue weighted by molar-refractivity contribution is 7.13. The number of unbranched alkanes of at least 4 members (excludes halogenated alkanes) is 1. The van der Waals surface area contributed by atoms with Crippen LogP contribution in [0.25, 0.3) is 0 Å². The molecule has 8 heteroatoms. The van der Waals surface area contributed by atoms with Crippen LogP contribution in [-0.2, 0) is 6.42 Å². The van der Waals surface area contributed by atoms with Crippen molar-refractivity contribution in [2.45, 2.75) is 40.0 Å². The number of nitrogens with one attached hydrogen (secondary N) is 2. The van der Waals surface area contributed by atoms with Crippen LogP contribution in [0.2, 0.25) is 0 Å². The van der Waals surface area contributed by atoms with Gasteiger partial charge in [-0.2, -0.15) is 0 Å². The summed E-state index contributed by atoms with van der Waals surface area (Å²) in [6.07, 6.45) is 4.31. The predicted octanol–water partition coefficient (Wildman–Crippen LogP) is 5.34. The number of rotatable bonds is 7. The van der Waals surface area contributed by atoms with Gasteiger partial charge in [-0.1, -0.05) is 13.3 Å². The molecule has 2 heterocycles. The molecule has 2 amide bonds. The van der Waals surface area contributed by atoms with Crippen molar-refractivity contribution < 1.29 is 18.4 Å². The summed E-state index contributed by atoms with van der Waals surface area (Å²) >= 11 is 1.37. The molecule has 29 heavy (non-hydrogen) atoms. The van der Waals surface area contributed by atoms with E-state index in [1.807, 2.05) is 0 Å². The fourth-order valence-electron chi connectivity index (χ4n) is 2.79. The maximum Gasteiger partial charge on any atom is 0.267 e. The zero-order valence-corrected chi connectivity index (χ0v) is 17.3. The van der Waals surface area contributed by atoms with E-state index in [4.69, 9.17) is 4.42 Å². The smallest absolute Gasteiger partial charge is 0.267 e. The first-order valence-electron chi connectivity index (χ1n) is 9.31. The lowest BCUT2D eigenvalue weighted by Gasteiger charge is -2.09. The number of amides is 2. The summed E-state index contributed by atoms with van der Waals surface area (Å²) in [5, 5.41) is 6.19. The van der Waals surface area contributed by atoms with Crippen molar-refractivity contribution in [3.63, 3.8) is 0 Å². The normalized spacial score (nSPS) is 10.8. The van der Waals surface area contributed by atoms with E-state index in [0.29, 0.717) is 27.6 Å². The molecule has 3 aromatic rings. The van der Waals surface area contributed by atoms with Crippen LogP contribution in [0.5, 0.6) is 0 Å². The fourth-order valence-corrected chi connectivity index (χ4v) is 3.80. The number of nitrogens with zero attached hydrogens (tertiary/aromatic N) is 1. The Morgan fingerprint density at radius 1 is 1.17 bits per heavy atom. The Morgan fingerprint density at radius 2 is 1.97 bits per heavy atom. The number of furan rings is 1. The molecule has 0 unspecified atom stereocenters. The molecule has 0 aliphatic carbocycles. The van der Waals surface area contributed by atoms with Gasteiger partial charge in [0.05, 0.1) is 28.2 Å². The number of hydrogen-bond acceptors (Lipinski definition) is 5. The number of aryl methyl sites for hydroxylation is 3. The average Bonchev–Trinajstić information content (AvgIpc) is 3.28. The molecule has 0 saturated carbocycles. The number of thiazole rings is 1. The molecular formula is C21H22FN3O3S. The summed E-state index contributed by atoms with van der Waals surface area (Å²) in [6, 6.07) is 5.53. The maximum absolute atomic E-state index is 14.2. The summed E-state index contributed by atoms with van der Waals surface area (Å²) in [7, 11) is 0. The number of carbonyl (C=O) groups is 2. The van der Waals surface area contributed by atoms with E-state index in [1.54, 1.807) is 13.8 Å². The fraction of sp³-hybridized carbons (Fsp3) is 0.286. The molecule has 0 spiro atoms. The van der Waals surface area contributed by atoms with Crippen LogP contribution in [0.3, 0.4) is 0 Å². The highest BCUT2D eigenvalue weighted by atomic mass is 32.1. The number of benzene rings is 1. The lowest BCUT2D eigenvalue weighted by atomic mass is 10.2. The van der Waals surface area contributed by atoms with Gasteiger partial charge in [0.2, 0.25) is 0 Å². The van der Waals surface area contributed by atoms with Crippen LogP contribution >= 0.6 is 11.3 Å². The average molecular weight is 415 g/mol. The minimum absolute atomic E-state index is 0.0296. The van der Waals surface area contributed by atoms with Crippen LogP contribution < -0.4 is 10.6 Å². The largest absolute Gasteiger partial charge is 0.469 e. The molecule has 0 saturated heterocycles. The van der Waals surface area contributed by atoms with Crippen molar-refractivity contribution in [1.82, 2.24) is 4.98 Å². The Morgan fingerprint density at radius 3 is 2.66 bits per heavy atom. The van der Waals surface area contributed by atoms with Gasteiger partial charge in [-0.05, 0) is 51.0 Å². The zero-order chi connectivity index (χ0) is 21.0. The van der Waals surface area contributed by atoms with Crippen LogP contribution in [-0.4, -0.2) is 16.8 Å². The Kier molecular flexibility index (Phi) is 6.43. The van der Waals surface area contributed by atoms with E-state index in [2.05, 4.69) is 22.5 Å². The van der Waals surface area contributed by atoms with Crippen molar-refractivity contribution in [1.29, 1.82) is 0 Å². The second-order valence-electron chi connectivity index (χ2n) is 6.62. The number of anilines is 2. The van der Waals surface area contributed by atoms with E-state index < -0.39 is 11.7 Å². The Hall–Kier alpha value is -3.00. The van der Waals surface area contributed by atoms with E-state index >= 15 is 0 Å². The van der Waals surface area contributed by atoms with E-state index in [1.165, 1.54) is 41.9 Å². The predicted molar refractivity (Wildman–Crippen MR) is 111 cm³/mol. The van der Waals surface area contributed by atoms with Gasteiger partial charge in [-0.15, -0.1) is 11.3 Å². The first-order valence-corrected chi connectivity index (χ1v) is 10.1. The second-order valence-corrected chi connectivity index (χ2v) is 7.70.